The highest BCUT2D eigenvalue weighted by Gasteiger charge is 2.29. The molecule has 6 nitrogen and oxygen atoms in total. The number of amides is 1. The number of imidazole rings is 1. The number of carbonyl (C=O) groups is 1. The monoisotopic (exact) mass is 511 g/mol. The van der Waals surface area contributed by atoms with Crippen LogP contribution >= 0.6 is 11.3 Å². The van der Waals surface area contributed by atoms with E-state index in [2.05, 4.69) is 56.8 Å². The molecule has 1 amide bonds. The van der Waals surface area contributed by atoms with Gasteiger partial charge in [0.25, 0.3) is 0 Å². The Morgan fingerprint density at radius 2 is 1.86 bits per heavy atom. The Morgan fingerprint density at radius 1 is 1.08 bits per heavy atom. The SMILES string of the molecule is Bc1sc(C2CCN(C(=O)Cn3cnc4cccnc43)CC2)nc1-c1cc(C2CC2)cc(C(C)(C)C)c1. The highest BCUT2D eigenvalue weighted by Crippen LogP contribution is 2.43. The van der Waals surface area contributed by atoms with Gasteiger partial charge in [-0.15, -0.1) is 11.3 Å². The van der Waals surface area contributed by atoms with Crippen LogP contribution in [-0.4, -0.2) is 51.3 Å². The quantitative estimate of drug-likeness (QED) is 0.373. The van der Waals surface area contributed by atoms with Gasteiger partial charge in [0.1, 0.15) is 12.1 Å². The Labute approximate surface area is 223 Å². The van der Waals surface area contributed by atoms with Crippen molar-refractivity contribution < 1.29 is 4.79 Å². The molecule has 1 aliphatic carbocycles. The molecule has 1 saturated carbocycles. The summed E-state index contributed by atoms with van der Waals surface area (Å²) < 4.78 is 3.14. The molecule has 0 unspecified atom stereocenters. The van der Waals surface area contributed by atoms with Crippen molar-refractivity contribution in [2.24, 2.45) is 0 Å². The van der Waals surface area contributed by atoms with Crippen LogP contribution in [0.5, 0.6) is 0 Å². The summed E-state index contributed by atoms with van der Waals surface area (Å²) in [5.74, 6) is 1.26. The first kappa shape index (κ1) is 24.3. The van der Waals surface area contributed by atoms with E-state index in [0.717, 1.165) is 48.7 Å². The van der Waals surface area contributed by atoms with Crippen molar-refractivity contribution in [3.8, 4) is 11.3 Å². The maximum absolute atomic E-state index is 13.0. The first-order valence-corrected chi connectivity index (χ1v) is 14.2. The molecular formula is C29H34BN5OS. The van der Waals surface area contributed by atoms with Gasteiger partial charge in [-0.25, -0.2) is 15.0 Å². The minimum absolute atomic E-state index is 0.116. The van der Waals surface area contributed by atoms with Crippen LogP contribution in [0.3, 0.4) is 0 Å². The fourth-order valence-corrected chi connectivity index (χ4v) is 6.48. The van der Waals surface area contributed by atoms with Crippen molar-refractivity contribution in [2.45, 2.75) is 70.3 Å². The number of carbonyl (C=O) groups excluding carboxylic acids is 1. The summed E-state index contributed by atoms with van der Waals surface area (Å²) >= 11 is 1.84. The number of thiazole rings is 1. The fourth-order valence-electron chi connectivity index (χ4n) is 5.37. The van der Waals surface area contributed by atoms with Crippen LogP contribution in [0.1, 0.15) is 74.4 Å². The van der Waals surface area contributed by atoms with Crippen molar-refractivity contribution in [2.75, 3.05) is 13.1 Å². The number of fused-ring (bicyclic) bond motifs is 1. The normalized spacial score (nSPS) is 17.0. The average molecular weight is 512 g/mol. The lowest BCUT2D eigenvalue weighted by molar-refractivity contribution is -0.132. The number of rotatable bonds is 5. The molecule has 1 saturated heterocycles. The summed E-state index contributed by atoms with van der Waals surface area (Å²) in [5.41, 5.74) is 6.98. The number of nitrogens with zero attached hydrogens (tertiary/aromatic N) is 5. The van der Waals surface area contributed by atoms with E-state index in [4.69, 9.17) is 4.98 Å². The lowest BCUT2D eigenvalue weighted by Crippen LogP contribution is -2.39. The first-order valence-electron chi connectivity index (χ1n) is 13.4. The number of hydrogen-bond acceptors (Lipinski definition) is 5. The van der Waals surface area contributed by atoms with Gasteiger partial charge in [0, 0.05) is 30.8 Å². The summed E-state index contributed by atoms with van der Waals surface area (Å²) in [5, 5.41) is 1.22. The molecule has 0 bridgehead atoms. The largest absolute Gasteiger partial charge is 0.341 e. The van der Waals surface area contributed by atoms with Gasteiger partial charge in [0.15, 0.2) is 13.5 Å². The van der Waals surface area contributed by atoms with Crippen LogP contribution in [-0.2, 0) is 16.8 Å². The maximum atomic E-state index is 13.0. The molecule has 0 spiro atoms. The second-order valence-corrected chi connectivity index (χ2v) is 12.9. The molecule has 0 N–H and O–H groups in total. The van der Waals surface area contributed by atoms with Gasteiger partial charge in [0.05, 0.1) is 17.0 Å². The number of piperidine rings is 1. The van der Waals surface area contributed by atoms with E-state index in [1.807, 2.05) is 32.9 Å². The standard InChI is InChI=1S/C29H34BN5OS/c1-29(2,3)22-14-20(18-6-7-18)13-21(15-22)25-26(30)37-28(33-25)19-8-11-34(12-9-19)24(36)16-35-17-32-23-5-4-10-31-27(23)35/h4-5,10,13-15,17-19H,6-9,11-12,16,30H2,1-3H3. The molecule has 1 aromatic carbocycles. The van der Waals surface area contributed by atoms with Gasteiger partial charge in [-0.05, 0) is 77.2 Å². The fraction of sp³-hybridized carbons (Fsp3) is 0.448. The molecule has 8 heteroatoms. The van der Waals surface area contributed by atoms with Crippen molar-refractivity contribution in [3.05, 3.63) is 59.0 Å². The van der Waals surface area contributed by atoms with Gasteiger partial charge in [-0.3, -0.25) is 4.79 Å². The molecule has 0 radical (unpaired) electrons. The molecule has 4 aromatic rings. The van der Waals surface area contributed by atoms with E-state index in [9.17, 15) is 4.79 Å². The predicted molar refractivity (Wildman–Crippen MR) is 152 cm³/mol. The number of likely N-dealkylation sites (tertiary alicyclic amines) is 1. The van der Waals surface area contributed by atoms with Gasteiger partial charge in [0.2, 0.25) is 5.91 Å². The molecule has 4 heterocycles. The van der Waals surface area contributed by atoms with Crippen LogP contribution in [0.25, 0.3) is 22.4 Å². The van der Waals surface area contributed by atoms with Gasteiger partial charge in [-0.2, -0.15) is 0 Å². The third-order valence-electron chi connectivity index (χ3n) is 7.83. The van der Waals surface area contributed by atoms with Gasteiger partial charge >= 0.3 is 0 Å². The van der Waals surface area contributed by atoms with Gasteiger partial charge in [-0.1, -0.05) is 26.8 Å². The van der Waals surface area contributed by atoms with Crippen LogP contribution < -0.4 is 4.78 Å². The Kier molecular flexibility index (Phi) is 6.18. The summed E-state index contributed by atoms with van der Waals surface area (Å²) in [6.45, 7) is 8.70. The van der Waals surface area contributed by atoms with Crippen LogP contribution in [0, 0.1) is 0 Å². The highest BCUT2D eigenvalue weighted by molar-refractivity contribution is 7.20. The van der Waals surface area contributed by atoms with E-state index in [0.29, 0.717) is 5.92 Å². The summed E-state index contributed by atoms with van der Waals surface area (Å²) in [6.07, 6.45) is 7.98. The lowest BCUT2D eigenvalue weighted by atomic mass is 9.83. The number of hydrogen-bond donors (Lipinski definition) is 0. The average Bonchev–Trinajstić information content (AvgIpc) is 3.56. The minimum Gasteiger partial charge on any atom is -0.341 e. The van der Waals surface area contributed by atoms with Crippen LogP contribution in [0.2, 0.25) is 0 Å². The zero-order chi connectivity index (χ0) is 25.7. The number of benzene rings is 1. The molecule has 1 aliphatic heterocycles. The number of pyridine rings is 1. The third-order valence-corrected chi connectivity index (χ3v) is 8.97. The van der Waals surface area contributed by atoms with E-state index < -0.39 is 0 Å². The second kappa shape index (κ2) is 9.39. The van der Waals surface area contributed by atoms with Crippen molar-refractivity contribution in [1.82, 2.24) is 24.4 Å². The van der Waals surface area contributed by atoms with Crippen molar-refractivity contribution >= 4 is 41.0 Å². The molecule has 3 aromatic heterocycles. The van der Waals surface area contributed by atoms with Crippen molar-refractivity contribution in [3.63, 3.8) is 0 Å². The minimum atomic E-state index is 0.116. The van der Waals surface area contributed by atoms with Crippen molar-refractivity contribution in [1.29, 1.82) is 0 Å². The third kappa shape index (κ3) is 4.96. The van der Waals surface area contributed by atoms with Crippen LogP contribution in [0.15, 0.2) is 42.9 Å². The Bertz CT molecular complexity index is 1460. The molecule has 2 fully saturated rings. The summed E-state index contributed by atoms with van der Waals surface area (Å²) in [7, 11) is 2.21. The zero-order valence-electron chi connectivity index (χ0n) is 22.2. The molecule has 190 valence electrons. The molecule has 2 aliphatic rings. The van der Waals surface area contributed by atoms with E-state index >= 15 is 0 Å². The molecule has 6 rings (SSSR count). The molecule has 37 heavy (non-hydrogen) atoms. The zero-order valence-corrected chi connectivity index (χ0v) is 23.0. The predicted octanol–water partition coefficient (Wildman–Crippen LogP) is 4.39. The van der Waals surface area contributed by atoms with E-state index in [-0.39, 0.29) is 17.9 Å². The highest BCUT2D eigenvalue weighted by atomic mass is 32.1. The maximum Gasteiger partial charge on any atom is 0.242 e. The Hall–Kier alpha value is -3.00. The van der Waals surface area contributed by atoms with E-state index in [1.54, 1.807) is 12.5 Å². The summed E-state index contributed by atoms with van der Waals surface area (Å²) in [4.78, 5) is 29.0. The van der Waals surface area contributed by atoms with Gasteiger partial charge < -0.3 is 9.47 Å². The summed E-state index contributed by atoms with van der Waals surface area (Å²) in [6, 6.07) is 10.9. The Morgan fingerprint density at radius 3 is 2.59 bits per heavy atom. The number of aromatic nitrogens is 4. The van der Waals surface area contributed by atoms with E-state index in [1.165, 1.54) is 39.3 Å². The lowest BCUT2D eigenvalue weighted by Gasteiger charge is -2.31. The van der Waals surface area contributed by atoms with Crippen LogP contribution in [0.4, 0.5) is 0 Å². The molecular weight excluding hydrogens is 477 g/mol. The topological polar surface area (TPSA) is 63.9 Å². The Balaban J connectivity index is 1.16. The molecule has 0 atom stereocenters. The second-order valence-electron chi connectivity index (χ2n) is 11.7. The first-order chi connectivity index (χ1) is 17.8. The smallest absolute Gasteiger partial charge is 0.242 e.